The molecule has 25 heavy (non-hydrogen) atoms. The van der Waals surface area contributed by atoms with Crippen LogP contribution in [0.15, 0.2) is 4.52 Å². The summed E-state index contributed by atoms with van der Waals surface area (Å²) in [6, 6.07) is 0. The predicted molar refractivity (Wildman–Crippen MR) is 92.1 cm³/mol. The number of aromatic nitrogens is 2. The van der Waals surface area contributed by atoms with Gasteiger partial charge in [-0.2, -0.15) is 4.98 Å². The van der Waals surface area contributed by atoms with Crippen molar-refractivity contribution in [1.82, 2.24) is 21.0 Å². The van der Waals surface area contributed by atoms with Gasteiger partial charge in [-0.1, -0.05) is 5.16 Å². The van der Waals surface area contributed by atoms with Crippen LogP contribution >= 0.6 is 11.8 Å². The molecule has 2 N–H and O–H groups in total. The van der Waals surface area contributed by atoms with E-state index in [2.05, 4.69) is 21.0 Å². The molecule has 0 spiro atoms. The first-order chi connectivity index (χ1) is 12.0. The third kappa shape index (κ3) is 3.54. The molecular formula is C17H24N4O3S. The van der Waals surface area contributed by atoms with Gasteiger partial charge in [-0.25, -0.2) is 0 Å². The molecule has 1 aromatic heterocycles. The summed E-state index contributed by atoms with van der Waals surface area (Å²) in [6.45, 7) is 1.73. The van der Waals surface area contributed by atoms with Crippen LogP contribution < -0.4 is 10.9 Å². The maximum absolute atomic E-state index is 12.7. The number of carbonyl (C=O) groups is 2. The van der Waals surface area contributed by atoms with E-state index in [1.807, 2.05) is 0 Å². The summed E-state index contributed by atoms with van der Waals surface area (Å²) in [6.07, 6.45) is 6.87. The van der Waals surface area contributed by atoms with Crippen LogP contribution in [0, 0.1) is 30.1 Å². The molecule has 4 aliphatic carbocycles. The van der Waals surface area contributed by atoms with E-state index in [1.165, 1.54) is 31.0 Å². The van der Waals surface area contributed by atoms with Gasteiger partial charge in [-0.3, -0.25) is 20.4 Å². The zero-order valence-electron chi connectivity index (χ0n) is 14.4. The molecule has 4 aliphatic rings. The van der Waals surface area contributed by atoms with Crippen molar-refractivity contribution in [3.05, 3.63) is 11.7 Å². The fraction of sp³-hybridized carbons (Fsp3) is 0.765. The molecule has 0 atom stereocenters. The van der Waals surface area contributed by atoms with E-state index in [9.17, 15) is 9.59 Å². The lowest BCUT2D eigenvalue weighted by molar-refractivity contribution is -0.148. The summed E-state index contributed by atoms with van der Waals surface area (Å²) >= 11 is 1.39. The average Bonchev–Trinajstić information content (AvgIpc) is 2.96. The normalized spacial score (nSPS) is 32.6. The van der Waals surface area contributed by atoms with Crippen LogP contribution in [0.3, 0.4) is 0 Å². The number of aryl methyl sites for hydroxylation is 1. The third-order valence-electron chi connectivity index (χ3n) is 5.87. The largest absolute Gasteiger partial charge is 0.340 e. The number of hydrogen-bond donors (Lipinski definition) is 2. The number of carbonyl (C=O) groups excluding carboxylic acids is 2. The van der Waals surface area contributed by atoms with E-state index in [0.29, 0.717) is 35.2 Å². The van der Waals surface area contributed by atoms with E-state index in [0.717, 1.165) is 19.3 Å². The molecular weight excluding hydrogens is 340 g/mol. The Hall–Kier alpha value is -1.57. The van der Waals surface area contributed by atoms with Gasteiger partial charge in [0.25, 0.3) is 0 Å². The van der Waals surface area contributed by atoms with Crippen molar-refractivity contribution in [3.8, 4) is 0 Å². The van der Waals surface area contributed by atoms with Crippen molar-refractivity contribution in [2.45, 2.75) is 51.2 Å². The molecule has 0 unspecified atom stereocenters. The second kappa shape index (κ2) is 6.63. The minimum Gasteiger partial charge on any atom is -0.340 e. The van der Waals surface area contributed by atoms with E-state index < -0.39 is 0 Å². The van der Waals surface area contributed by atoms with E-state index in [4.69, 9.17) is 4.52 Å². The average molecular weight is 364 g/mol. The molecule has 0 saturated heterocycles. The Morgan fingerprint density at radius 3 is 2.36 bits per heavy atom. The topological polar surface area (TPSA) is 97.1 Å². The number of nitrogens with zero attached hydrogens (tertiary/aromatic N) is 2. The molecule has 5 rings (SSSR count). The molecule has 0 aromatic carbocycles. The first-order valence-corrected chi connectivity index (χ1v) is 10.1. The van der Waals surface area contributed by atoms with Crippen LogP contribution in [-0.4, -0.2) is 27.7 Å². The van der Waals surface area contributed by atoms with Crippen LogP contribution in [0.2, 0.25) is 0 Å². The highest BCUT2D eigenvalue weighted by atomic mass is 32.2. The van der Waals surface area contributed by atoms with Gasteiger partial charge >= 0.3 is 0 Å². The Morgan fingerprint density at radius 2 is 1.80 bits per heavy atom. The van der Waals surface area contributed by atoms with Crippen molar-refractivity contribution < 1.29 is 14.1 Å². The van der Waals surface area contributed by atoms with Crippen LogP contribution in [0.1, 0.15) is 50.2 Å². The van der Waals surface area contributed by atoms with E-state index in [-0.39, 0.29) is 23.0 Å². The minimum absolute atomic E-state index is 0.0127. The maximum Gasteiger partial charge on any atom is 0.248 e. The summed E-state index contributed by atoms with van der Waals surface area (Å²) in [5.74, 6) is 3.78. The Labute approximate surface area is 151 Å². The highest BCUT2D eigenvalue weighted by Crippen LogP contribution is 2.59. The molecule has 0 aliphatic heterocycles. The Kier molecular flexibility index (Phi) is 4.47. The molecule has 0 radical (unpaired) electrons. The van der Waals surface area contributed by atoms with Gasteiger partial charge in [-0.05, 0) is 56.3 Å². The van der Waals surface area contributed by atoms with Gasteiger partial charge in [0.2, 0.25) is 17.7 Å². The first-order valence-electron chi connectivity index (χ1n) is 8.99. The summed E-state index contributed by atoms with van der Waals surface area (Å²) in [5, 5.41) is 3.78. The van der Waals surface area contributed by atoms with E-state index >= 15 is 0 Å². The zero-order valence-corrected chi connectivity index (χ0v) is 15.2. The Bertz CT molecular complexity index is 639. The number of amides is 2. The van der Waals surface area contributed by atoms with Gasteiger partial charge in [0.05, 0.1) is 16.9 Å². The Balaban J connectivity index is 1.22. The lowest BCUT2D eigenvalue weighted by Crippen LogP contribution is -2.56. The quantitative estimate of drug-likeness (QED) is 0.776. The van der Waals surface area contributed by atoms with Gasteiger partial charge in [0.15, 0.2) is 5.82 Å². The molecule has 1 heterocycles. The van der Waals surface area contributed by atoms with Gasteiger partial charge in [0, 0.05) is 6.92 Å². The molecule has 1 aromatic rings. The highest BCUT2D eigenvalue weighted by Gasteiger charge is 2.54. The van der Waals surface area contributed by atoms with Crippen LogP contribution in [0.4, 0.5) is 0 Å². The maximum atomic E-state index is 12.7. The van der Waals surface area contributed by atoms with E-state index in [1.54, 1.807) is 6.92 Å². The molecule has 7 nitrogen and oxygen atoms in total. The number of hydrazine groups is 1. The standard InChI is InChI=1S/C17H24N4O3S/c1-10-18-14(21-24-10)8-25-9-15(22)19-20-16(23)17-5-11-2-12(6-17)4-13(3-11)7-17/h11-13H,2-9H2,1H3,(H,19,22)(H,20,23). The molecule has 2 amide bonds. The lowest BCUT2D eigenvalue weighted by atomic mass is 9.49. The fourth-order valence-electron chi connectivity index (χ4n) is 5.32. The summed E-state index contributed by atoms with van der Waals surface area (Å²) in [4.78, 5) is 28.8. The molecule has 8 heteroatoms. The number of rotatable bonds is 5. The number of thioether (sulfide) groups is 1. The molecule has 136 valence electrons. The fourth-order valence-corrected chi connectivity index (χ4v) is 5.98. The SMILES string of the molecule is Cc1nc(CSCC(=O)NNC(=O)C23CC4CC(CC(C4)C2)C3)no1. The predicted octanol–water partition coefficient (Wildman–Crippen LogP) is 1.98. The Morgan fingerprint density at radius 1 is 1.16 bits per heavy atom. The highest BCUT2D eigenvalue weighted by molar-refractivity contribution is 7.99. The van der Waals surface area contributed by atoms with Crippen molar-refractivity contribution in [3.63, 3.8) is 0 Å². The third-order valence-corrected chi connectivity index (χ3v) is 6.80. The molecule has 4 fully saturated rings. The van der Waals surface area contributed by atoms with Crippen molar-refractivity contribution >= 4 is 23.6 Å². The lowest BCUT2D eigenvalue weighted by Gasteiger charge is -2.55. The second-order valence-electron chi connectivity index (χ2n) is 7.92. The number of hydrogen-bond acceptors (Lipinski definition) is 6. The molecule has 4 bridgehead atoms. The molecule has 4 saturated carbocycles. The van der Waals surface area contributed by atoms with Crippen LogP contribution in [-0.2, 0) is 15.3 Å². The smallest absolute Gasteiger partial charge is 0.248 e. The first kappa shape index (κ1) is 16.9. The summed E-state index contributed by atoms with van der Waals surface area (Å²) < 4.78 is 4.89. The number of nitrogens with one attached hydrogen (secondary N) is 2. The van der Waals surface area contributed by atoms with Crippen LogP contribution in [0.25, 0.3) is 0 Å². The zero-order chi connectivity index (χ0) is 17.4. The van der Waals surface area contributed by atoms with Gasteiger partial charge in [-0.15, -0.1) is 11.8 Å². The van der Waals surface area contributed by atoms with Gasteiger partial charge in [0.1, 0.15) is 0 Å². The van der Waals surface area contributed by atoms with Crippen molar-refractivity contribution in [2.75, 3.05) is 5.75 Å². The van der Waals surface area contributed by atoms with Crippen LogP contribution in [0.5, 0.6) is 0 Å². The second-order valence-corrected chi connectivity index (χ2v) is 8.91. The summed E-state index contributed by atoms with van der Waals surface area (Å²) in [7, 11) is 0. The minimum atomic E-state index is -0.239. The van der Waals surface area contributed by atoms with Crippen molar-refractivity contribution in [2.24, 2.45) is 23.2 Å². The van der Waals surface area contributed by atoms with Crippen molar-refractivity contribution in [1.29, 1.82) is 0 Å². The monoisotopic (exact) mass is 364 g/mol. The summed E-state index contributed by atoms with van der Waals surface area (Å²) in [5.41, 5.74) is 5.03. The van der Waals surface area contributed by atoms with Gasteiger partial charge < -0.3 is 4.52 Å².